The average molecular weight is 487 g/mol. The van der Waals surface area contributed by atoms with Crippen LogP contribution in [0.25, 0.3) is 0 Å². The van der Waals surface area contributed by atoms with Crippen molar-refractivity contribution in [3.8, 4) is 0 Å². The number of alkyl halides is 8. The highest BCUT2D eigenvalue weighted by Crippen LogP contribution is 2.61. The zero-order valence-electron chi connectivity index (χ0n) is 16.1. The second-order valence-corrected chi connectivity index (χ2v) is 9.99. The molecule has 1 saturated heterocycles. The Morgan fingerprint density at radius 2 is 1.26 bits per heavy atom. The molecule has 3 fully saturated rings. The molecule has 15 heteroatoms. The molecule has 2 amide bonds. The van der Waals surface area contributed by atoms with Crippen molar-refractivity contribution in [1.29, 1.82) is 0 Å². The lowest BCUT2D eigenvalue weighted by Gasteiger charge is -2.36. The molecule has 0 N–H and O–H groups in total. The molecule has 0 aromatic heterocycles. The fourth-order valence-corrected chi connectivity index (χ4v) is 5.99. The number of halogens is 8. The van der Waals surface area contributed by atoms with E-state index in [-0.39, 0.29) is 11.8 Å². The molecule has 2 aliphatic carbocycles. The normalized spacial score (nSPS) is 36.2. The summed E-state index contributed by atoms with van der Waals surface area (Å²) < 4.78 is 134. The predicted octanol–water partition coefficient (Wildman–Crippen LogP) is 3.29. The quantitative estimate of drug-likeness (QED) is 0.439. The van der Waals surface area contributed by atoms with Crippen molar-refractivity contribution in [3.63, 3.8) is 0 Å². The van der Waals surface area contributed by atoms with Gasteiger partial charge in [0.1, 0.15) is 0 Å². The Morgan fingerprint density at radius 1 is 0.871 bits per heavy atom. The van der Waals surface area contributed by atoms with Gasteiger partial charge in [0.15, 0.2) is 0 Å². The van der Waals surface area contributed by atoms with E-state index in [0.717, 1.165) is 0 Å². The number of imide groups is 1. The minimum atomic E-state index is -6.99. The highest BCUT2D eigenvalue weighted by atomic mass is 32.2. The largest absolute Gasteiger partial charge is 0.457 e. The Bertz CT molecular complexity index is 885. The standard InChI is InChI=1S/C16H17F8NO5S/c1-5-6(2)8-4-7(5)9-10(8)12(27)25(11(9)26)30-31(28,29)16(23,24)13(3,17)14(18,19)15(20,21)22/h5-10H,4H2,1-3H3. The first kappa shape index (κ1) is 24.1. The molecule has 6 nitrogen and oxygen atoms in total. The van der Waals surface area contributed by atoms with Crippen LogP contribution in [0.3, 0.4) is 0 Å². The van der Waals surface area contributed by atoms with Crippen LogP contribution in [0.15, 0.2) is 0 Å². The van der Waals surface area contributed by atoms with Gasteiger partial charge in [0.25, 0.3) is 17.5 Å². The van der Waals surface area contributed by atoms with E-state index in [1.54, 1.807) is 13.8 Å². The topological polar surface area (TPSA) is 80.8 Å². The summed E-state index contributed by atoms with van der Waals surface area (Å²) in [5, 5.41) is -7.07. The number of fused-ring (bicyclic) bond motifs is 5. The van der Waals surface area contributed by atoms with Gasteiger partial charge in [0.05, 0.1) is 11.8 Å². The zero-order chi connectivity index (χ0) is 24.1. The van der Waals surface area contributed by atoms with Crippen LogP contribution in [0.4, 0.5) is 35.1 Å². The molecule has 3 aliphatic rings. The zero-order valence-corrected chi connectivity index (χ0v) is 16.9. The molecule has 2 saturated carbocycles. The maximum Gasteiger partial charge on any atom is 0.457 e. The molecule has 0 aromatic carbocycles. The van der Waals surface area contributed by atoms with Gasteiger partial charge >= 0.3 is 27.5 Å². The molecule has 7 atom stereocenters. The van der Waals surface area contributed by atoms with E-state index in [2.05, 4.69) is 4.28 Å². The number of nitrogens with zero attached hydrogens (tertiary/aromatic N) is 1. The first-order valence-corrected chi connectivity index (χ1v) is 10.5. The molecule has 178 valence electrons. The van der Waals surface area contributed by atoms with Crippen LogP contribution in [0.1, 0.15) is 27.2 Å². The maximum atomic E-state index is 14.2. The summed E-state index contributed by atoms with van der Waals surface area (Å²) in [5.41, 5.74) is -6.03. The van der Waals surface area contributed by atoms with Crippen molar-refractivity contribution in [3.05, 3.63) is 0 Å². The van der Waals surface area contributed by atoms with Gasteiger partial charge in [-0.2, -0.15) is 39.2 Å². The Morgan fingerprint density at radius 3 is 1.61 bits per heavy atom. The van der Waals surface area contributed by atoms with E-state index in [0.29, 0.717) is 6.42 Å². The molecule has 0 spiro atoms. The number of carbonyl (C=O) groups is 2. The van der Waals surface area contributed by atoms with E-state index >= 15 is 0 Å². The van der Waals surface area contributed by atoms with E-state index in [1.807, 2.05) is 0 Å². The fraction of sp³-hybridized carbons (Fsp3) is 0.875. The third-order valence-corrected chi connectivity index (χ3v) is 8.34. The first-order valence-electron chi connectivity index (χ1n) is 9.05. The van der Waals surface area contributed by atoms with Gasteiger partial charge < -0.3 is 0 Å². The lowest BCUT2D eigenvalue weighted by Crippen LogP contribution is -2.64. The highest BCUT2D eigenvalue weighted by Gasteiger charge is 2.82. The Hall–Kier alpha value is -1.51. The van der Waals surface area contributed by atoms with Crippen LogP contribution in [0.2, 0.25) is 0 Å². The maximum absolute atomic E-state index is 14.2. The summed E-state index contributed by atoms with van der Waals surface area (Å²) in [4.78, 5) is 25.0. The SMILES string of the molecule is CC1C(C)C2CC1C1C(=O)N(OS(=O)(=O)C(F)(F)C(C)(F)C(F)(F)C(F)(F)F)C(=O)C21. The van der Waals surface area contributed by atoms with Crippen molar-refractivity contribution in [2.45, 2.75) is 50.2 Å². The smallest absolute Gasteiger partial charge is 0.272 e. The van der Waals surface area contributed by atoms with Gasteiger partial charge in [-0.15, -0.1) is 9.35 Å². The van der Waals surface area contributed by atoms with Gasteiger partial charge in [0, 0.05) is 0 Å². The number of hydrogen-bond donors (Lipinski definition) is 0. The lowest BCUT2D eigenvalue weighted by atomic mass is 9.70. The Balaban J connectivity index is 1.92. The molecular weight excluding hydrogens is 470 g/mol. The summed E-state index contributed by atoms with van der Waals surface area (Å²) in [6, 6.07) is 0. The van der Waals surface area contributed by atoms with Crippen LogP contribution in [0.5, 0.6) is 0 Å². The minimum absolute atomic E-state index is 0.0828. The summed E-state index contributed by atoms with van der Waals surface area (Å²) in [6.07, 6.45) is -6.44. The van der Waals surface area contributed by atoms with Crippen LogP contribution in [-0.4, -0.2) is 48.3 Å². The van der Waals surface area contributed by atoms with E-state index < -0.39 is 80.6 Å². The number of hydroxylamine groups is 2. The van der Waals surface area contributed by atoms with E-state index in [1.165, 1.54) is 0 Å². The van der Waals surface area contributed by atoms with Crippen molar-refractivity contribution in [1.82, 2.24) is 5.06 Å². The van der Waals surface area contributed by atoms with Crippen molar-refractivity contribution >= 4 is 21.9 Å². The number of rotatable bonds is 5. The third kappa shape index (κ3) is 2.87. The Labute approximate surface area is 171 Å². The highest BCUT2D eigenvalue weighted by molar-refractivity contribution is 7.87. The molecule has 0 aromatic rings. The molecule has 7 unspecified atom stereocenters. The minimum Gasteiger partial charge on any atom is -0.272 e. The van der Waals surface area contributed by atoms with Gasteiger partial charge in [-0.25, -0.2) is 4.39 Å². The second kappa shape index (κ2) is 6.51. The van der Waals surface area contributed by atoms with Crippen molar-refractivity contribution < 1.29 is 57.4 Å². The number of hydrogen-bond acceptors (Lipinski definition) is 5. The fourth-order valence-electron chi connectivity index (χ4n) is 4.96. The summed E-state index contributed by atoms with van der Waals surface area (Å²) in [5.74, 6) is -12.7. The average Bonchev–Trinajstić information content (AvgIpc) is 3.21. The molecular formula is C16H17F8NO5S. The molecule has 1 heterocycles. The summed E-state index contributed by atoms with van der Waals surface area (Å²) in [6.45, 7) is 2.57. The lowest BCUT2D eigenvalue weighted by molar-refractivity contribution is -0.346. The van der Waals surface area contributed by atoms with Crippen LogP contribution in [-0.2, 0) is 24.0 Å². The first-order chi connectivity index (χ1) is 13.7. The Kier molecular flexibility index (Phi) is 5.07. The molecule has 3 rings (SSSR count). The molecule has 1 aliphatic heterocycles. The second-order valence-electron chi connectivity index (χ2n) is 8.42. The summed E-state index contributed by atoms with van der Waals surface area (Å²) >= 11 is 0. The number of carbonyl (C=O) groups excluding carboxylic acids is 2. The van der Waals surface area contributed by atoms with E-state index in [9.17, 15) is 53.1 Å². The van der Waals surface area contributed by atoms with Crippen LogP contribution >= 0.6 is 0 Å². The van der Waals surface area contributed by atoms with Crippen molar-refractivity contribution in [2.24, 2.45) is 35.5 Å². The van der Waals surface area contributed by atoms with Gasteiger partial charge in [-0.05, 0) is 37.0 Å². The van der Waals surface area contributed by atoms with Gasteiger partial charge in [-0.3, -0.25) is 9.59 Å². The monoisotopic (exact) mass is 487 g/mol. The van der Waals surface area contributed by atoms with Crippen LogP contribution < -0.4 is 0 Å². The van der Waals surface area contributed by atoms with E-state index in [4.69, 9.17) is 0 Å². The molecule has 0 radical (unpaired) electrons. The van der Waals surface area contributed by atoms with Crippen molar-refractivity contribution in [2.75, 3.05) is 0 Å². The van der Waals surface area contributed by atoms with Crippen LogP contribution in [0, 0.1) is 35.5 Å². The molecule has 2 bridgehead atoms. The summed E-state index contributed by atoms with van der Waals surface area (Å²) in [7, 11) is -6.99. The predicted molar refractivity (Wildman–Crippen MR) is 84.2 cm³/mol. The van der Waals surface area contributed by atoms with Gasteiger partial charge in [0.2, 0.25) is 0 Å². The number of amides is 2. The van der Waals surface area contributed by atoms with Gasteiger partial charge in [-0.1, -0.05) is 13.8 Å². The molecule has 31 heavy (non-hydrogen) atoms. The third-order valence-electron chi connectivity index (χ3n) is 6.98.